The van der Waals surface area contributed by atoms with E-state index in [0.29, 0.717) is 12.3 Å². The van der Waals surface area contributed by atoms with Crippen molar-refractivity contribution in [3.05, 3.63) is 35.4 Å². The van der Waals surface area contributed by atoms with Gasteiger partial charge in [-0.05, 0) is 42.9 Å². The van der Waals surface area contributed by atoms with Crippen LogP contribution in [0.15, 0.2) is 24.3 Å². The molecule has 1 aliphatic rings. The van der Waals surface area contributed by atoms with Crippen molar-refractivity contribution in [3.8, 4) is 0 Å². The highest BCUT2D eigenvalue weighted by Gasteiger charge is 2.16. The summed E-state index contributed by atoms with van der Waals surface area (Å²) in [7, 11) is 0. The van der Waals surface area contributed by atoms with E-state index in [4.69, 9.17) is 0 Å². The lowest BCUT2D eigenvalue weighted by molar-refractivity contribution is 0.473. The summed E-state index contributed by atoms with van der Waals surface area (Å²) in [4.78, 5) is 0. The predicted molar refractivity (Wildman–Crippen MR) is 61.0 cm³/mol. The van der Waals surface area contributed by atoms with Crippen LogP contribution in [-0.2, 0) is 6.42 Å². The van der Waals surface area contributed by atoms with Crippen LogP contribution in [0.5, 0.6) is 0 Å². The molecule has 2 heteroatoms. The number of rotatable bonds is 4. The Kier molecular flexibility index (Phi) is 3.73. The summed E-state index contributed by atoms with van der Waals surface area (Å²) in [6.45, 7) is 2.00. The van der Waals surface area contributed by atoms with E-state index >= 15 is 0 Å². The van der Waals surface area contributed by atoms with Gasteiger partial charge in [0.25, 0.3) is 0 Å². The number of alkyl halides is 1. The molecule has 0 spiro atoms. The van der Waals surface area contributed by atoms with Gasteiger partial charge in [0.2, 0.25) is 0 Å². The maximum Gasteiger partial charge on any atom is 0.0897 e. The normalized spacial score (nSPS) is 20.7. The highest BCUT2D eigenvalue weighted by atomic mass is 19.1. The molecule has 1 aromatic rings. The number of hydrogen-bond donors (Lipinski definition) is 1. The van der Waals surface area contributed by atoms with Gasteiger partial charge in [-0.3, -0.25) is 4.39 Å². The van der Waals surface area contributed by atoms with E-state index in [0.717, 1.165) is 19.5 Å². The minimum absolute atomic E-state index is 0.213. The molecule has 0 aliphatic carbocycles. The molecule has 0 radical (unpaired) electrons. The lowest BCUT2D eigenvalue weighted by Gasteiger charge is -2.10. The average molecular weight is 207 g/mol. The van der Waals surface area contributed by atoms with Gasteiger partial charge in [0, 0.05) is 6.54 Å². The second-order valence-electron chi connectivity index (χ2n) is 4.23. The highest BCUT2D eigenvalue weighted by Crippen LogP contribution is 2.23. The van der Waals surface area contributed by atoms with E-state index in [-0.39, 0.29) is 6.67 Å². The molecular formula is C13H18FN. The molecule has 1 aromatic carbocycles. The van der Waals surface area contributed by atoms with E-state index in [1.807, 2.05) is 0 Å². The fourth-order valence-electron chi connectivity index (χ4n) is 2.21. The molecule has 1 atom stereocenters. The summed E-state index contributed by atoms with van der Waals surface area (Å²) in [5, 5.41) is 3.37. The van der Waals surface area contributed by atoms with Crippen LogP contribution in [-0.4, -0.2) is 19.8 Å². The van der Waals surface area contributed by atoms with Crippen molar-refractivity contribution in [2.24, 2.45) is 0 Å². The van der Waals surface area contributed by atoms with Gasteiger partial charge in [0.05, 0.1) is 6.67 Å². The van der Waals surface area contributed by atoms with Crippen molar-refractivity contribution in [1.82, 2.24) is 5.32 Å². The van der Waals surface area contributed by atoms with Crippen LogP contribution < -0.4 is 5.32 Å². The third kappa shape index (κ3) is 2.78. The van der Waals surface area contributed by atoms with E-state index in [1.54, 1.807) is 0 Å². The molecular weight excluding hydrogens is 189 g/mol. The van der Waals surface area contributed by atoms with Crippen molar-refractivity contribution >= 4 is 0 Å². The fourth-order valence-corrected chi connectivity index (χ4v) is 2.21. The molecule has 1 unspecified atom stereocenters. The topological polar surface area (TPSA) is 12.0 Å². The fraction of sp³-hybridized carbons (Fsp3) is 0.538. The Balaban J connectivity index is 2.04. The van der Waals surface area contributed by atoms with E-state index < -0.39 is 0 Å². The van der Waals surface area contributed by atoms with Gasteiger partial charge in [-0.1, -0.05) is 24.3 Å². The third-order valence-corrected chi connectivity index (χ3v) is 3.08. The molecule has 82 valence electrons. The monoisotopic (exact) mass is 207 g/mol. The van der Waals surface area contributed by atoms with E-state index in [2.05, 4.69) is 29.6 Å². The zero-order valence-corrected chi connectivity index (χ0v) is 9.01. The Morgan fingerprint density at radius 3 is 3.07 bits per heavy atom. The maximum atomic E-state index is 12.1. The van der Waals surface area contributed by atoms with Crippen LogP contribution >= 0.6 is 0 Å². The SMILES string of the molecule is FCCCc1cccc(C2CCNC2)c1. The number of aryl methyl sites for hydroxylation is 1. The van der Waals surface area contributed by atoms with Crippen LogP contribution in [0.2, 0.25) is 0 Å². The van der Waals surface area contributed by atoms with Crippen LogP contribution in [0.1, 0.15) is 29.9 Å². The zero-order chi connectivity index (χ0) is 10.5. The molecule has 1 fully saturated rings. The summed E-state index contributed by atoms with van der Waals surface area (Å²) in [5.41, 5.74) is 2.69. The van der Waals surface area contributed by atoms with Crippen molar-refractivity contribution in [3.63, 3.8) is 0 Å². The largest absolute Gasteiger partial charge is 0.316 e. The minimum atomic E-state index is -0.213. The molecule has 0 amide bonds. The number of nitrogens with one attached hydrogen (secondary N) is 1. The van der Waals surface area contributed by atoms with Gasteiger partial charge in [0.1, 0.15) is 0 Å². The van der Waals surface area contributed by atoms with Crippen molar-refractivity contribution in [2.75, 3.05) is 19.8 Å². The first-order chi connectivity index (χ1) is 7.40. The first-order valence-electron chi connectivity index (χ1n) is 5.75. The van der Waals surface area contributed by atoms with E-state index in [9.17, 15) is 4.39 Å². The smallest absolute Gasteiger partial charge is 0.0897 e. The number of hydrogen-bond acceptors (Lipinski definition) is 1. The number of benzene rings is 1. The van der Waals surface area contributed by atoms with Crippen LogP contribution in [0.4, 0.5) is 4.39 Å². The summed E-state index contributed by atoms with van der Waals surface area (Å²) in [6, 6.07) is 8.63. The number of halogens is 1. The molecule has 1 saturated heterocycles. The first kappa shape index (κ1) is 10.6. The lowest BCUT2D eigenvalue weighted by Crippen LogP contribution is -2.08. The Morgan fingerprint density at radius 1 is 1.40 bits per heavy atom. The Bertz CT molecular complexity index is 305. The van der Waals surface area contributed by atoms with Gasteiger partial charge in [0.15, 0.2) is 0 Å². The van der Waals surface area contributed by atoms with Crippen LogP contribution in [0, 0.1) is 0 Å². The standard InChI is InChI=1S/C13H18FN/c14-7-2-4-11-3-1-5-12(9-11)13-6-8-15-10-13/h1,3,5,9,13,15H,2,4,6-8,10H2. The average Bonchev–Trinajstić information content (AvgIpc) is 2.80. The van der Waals surface area contributed by atoms with Crippen molar-refractivity contribution < 1.29 is 4.39 Å². The van der Waals surface area contributed by atoms with Crippen LogP contribution in [0.3, 0.4) is 0 Å². The highest BCUT2D eigenvalue weighted by molar-refractivity contribution is 5.27. The Morgan fingerprint density at radius 2 is 2.33 bits per heavy atom. The summed E-state index contributed by atoms with van der Waals surface area (Å²) in [6.07, 6.45) is 2.74. The van der Waals surface area contributed by atoms with Gasteiger partial charge < -0.3 is 5.32 Å². The Labute approximate surface area is 90.7 Å². The molecule has 0 saturated carbocycles. The lowest BCUT2D eigenvalue weighted by atomic mass is 9.95. The summed E-state index contributed by atoms with van der Waals surface area (Å²) >= 11 is 0. The van der Waals surface area contributed by atoms with Gasteiger partial charge >= 0.3 is 0 Å². The first-order valence-corrected chi connectivity index (χ1v) is 5.75. The summed E-state index contributed by atoms with van der Waals surface area (Å²) < 4.78 is 12.1. The van der Waals surface area contributed by atoms with Crippen molar-refractivity contribution in [1.29, 1.82) is 0 Å². The molecule has 2 rings (SSSR count). The predicted octanol–water partition coefficient (Wildman–Crippen LogP) is 2.67. The second-order valence-corrected chi connectivity index (χ2v) is 4.23. The van der Waals surface area contributed by atoms with Crippen LogP contribution in [0.25, 0.3) is 0 Å². The summed E-state index contributed by atoms with van der Waals surface area (Å²) in [5.74, 6) is 0.662. The quantitative estimate of drug-likeness (QED) is 0.800. The minimum Gasteiger partial charge on any atom is -0.316 e. The molecule has 0 aromatic heterocycles. The third-order valence-electron chi connectivity index (χ3n) is 3.08. The van der Waals surface area contributed by atoms with Gasteiger partial charge in [-0.2, -0.15) is 0 Å². The Hall–Kier alpha value is -0.890. The van der Waals surface area contributed by atoms with E-state index in [1.165, 1.54) is 17.5 Å². The second kappa shape index (κ2) is 5.26. The molecule has 1 aliphatic heterocycles. The van der Waals surface area contributed by atoms with Crippen molar-refractivity contribution in [2.45, 2.75) is 25.2 Å². The molecule has 15 heavy (non-hydrogen) atoms. The zero-order valence-electron chi connectivity index (χ0n) is 9.01. The molecule has 1 N–H and O–H groups in total. The molecule has 0 bridgehead atoms. The molecule has 1 nitrogen and oxygen atoms in total. The van der Waals surface area contributed by atoms with Gasteiger partial charge in [-0.25, -0.2) is 0 Å². The molecule has 1 heterocycles. The van der Waals surface area contributed by atoms with Gasteiger partial charge in [-0.15, -0.1) is 0 Å². The maximum absolute atomic E-state index is 12.1.